The minimum Gasteiger partial charge on any atom is -0.350 e. The number of aromatic amines is 1. The van der Waals surface area contributed by atoms with Crippen molar-refractivity contribution in [3.63, 3.8) is 0 Å². The van der Waals surface area contributed by atoms with Gasteiger partial charge in [-0.1, -0.05) is 27.2 Å². The maximum absolute atomic E-state index is 13.0. The number of carbonyl (C=O) groups excluding carboxylic acids is 1. The van der Waals surface area contributed by atoms with Crippen LogP contribution in [0.4, 0.5) is 0 Å². The molecule has 0 aliphatic carbocycles. The fourth-order valence-electron chi connectivity index (χ4n) is 2.92. The summed E-state index contributed by atoms with van der Waals surface area (Å²) in [5.74, 6) is -0.390. The van der Waals surface area contributed by atoms with Crippen molar-refractivity contribution >= 4 is 26.8 Å². The van der Waals surface area contributed by atoms with Crippen LogP contribution in [0.3, 0.4) is 0 Å². The van der Waals surface area contributed by atoms with Gasteiger partial charge in [0.1, 0.15) is 0 Å². The molecule has 1 amide bonds. The topological polar surface area (TPSA) is 99.3 Å². The van der Waals surface area contributed by atoms with Crippen LogP contribution in [0.15, 0.2) is 34.0 Å². The Hall–Kier alpha value is -2.19. The van der Waals surface area contributed by atoms with E-state index in [1.807, 2.05) is 20.8 Å². The van der Waals surface area contributed by atoms with E-state index in [-0.39, 0.29) is 16.5 Å². The molecule has 0 saturated heterocycles. The van der Waals surface area contributed by atoms with E-state index in [0.29, 0.717) is 24.0 Å². The lowest BCUT2D eigenvalue weighted by atomic mass is 10.1. The highest BCUT2D eigenvalue weighted by Crippen LogP contribution is 2.23. The van der Waals surface area contributed by atoms with Crippen molar-refractivity contribution in [1.29, 1.82) is 0 Å². The van der Waals surface area contributed by atoms with Gasteiger partial charge in [-0.25, -0.2) is 8.42 Å². The van der Waals surface area contributed by atoms with Crippen LogP contribution in [0.25, 0.3) is 10.9 Å². The van der Waals surface area contributed by atoms with Crippen molar-refractivity contribution in [2.24, 2.45) is 0 Å². The van der Waals surface area contributed by atoms with Crippen LogP contribution < -0.4 is 10.9 Å². The van der Waals surface area contributed by atoms with E-state index >= 15 is 0 Å². The number of hydrogen-bond acceptors (Lipinski definition) is 4. The maximum Gasteiger partial charge on any atom is 0.252 e. The Morgan fingerprint density at radius 2 is 1.93 bits per heavy atom. The number of carbonyl (C=O) groups is 1. The van der Waals surface area contributed by atoms with E-state index in [1.165, 1.54) is 28.6 Å². The SMILES string of the molecule is CCCCN(CC)S(=O)(=O)c1ccc2[nH]c(=O)cc(C(=O)NC(C)CC)c2c1. The molecule has 7 nitrogen and oxygen atoms in total. The van der Waals surface area contributed by atoms with Gasteiger partial charge in [0.25, 0.3) is 5.91 Å². The molecule has 0 radical (unpaired) electrons. The number of hydrogen-bond donors (Lipinski definition) is 2. The fourth-order valence-corrected chi connectivity index (χ4v) is 4.43. The van der Waals surface area contributed by atoms with Crippen LogP contribution in [-0.4, -0.2) is 42.7 Å². The van der Waals surface area contributed by atoms with Crippen LogP contribution in [0.5, 0.6) is 0 Å². The summed E-state index contributed by atoms with van der Waals surface area (Å²) in [7, 11) is -3.69. The number of benzene rings is 1. The third-order valence-corrected chi connectivity index (χ3v) is 6.77. The van der Waals surface area contributed by atoms with E-state index in [9.17, 15) is 18.0 Å². The molecule has 0 saturated carbocycles. The minimum absolute atomic E-state index is 0.0571. The van der Waals surface area contributed by atoms with Gasteiger partial charge in [-0.15, -0.1) is 0 Å². The van der Waals surface area contributed by atoms with Crippen LogP contribution in [-0.2, 0) is 10.0 Å². The normalized spacial score (nSPS) is 13.0. The molecule has 0 fully saturated rings. The molecule has 1 unspecified atom stereocenters. The van der Waals surface area contributed by atoms with Gasteiger partial charge in [-0.05, 0) is 38.0 Å². The van der Waals surface area contributed by atoms with Crippen molar-refractivity contribution in [3.05, 3.63) is 40.2 Å². The van der Waals surface area contributed by atoms with Gasteiger partial charge in [0, 0.05) is 36.1 Å². The van der Waals surface area contributed by atoms with E-state index in [4.69, 9.17) is 0 Å². The van der Waals surface area contributed by atoms with Crippen LogP contribution in [0.1, 0.15) is 57.3 Å². The zero-order valence-corrected chi connectivity index (χ0v) is 17.7. The zero-order chi connectivity index (χ0) is 20.9. The first-order chi connectivity index (χ1) is 13.2. The molecule has 8 heteroatoms. The Morgan fingerprint density at radius 3 is 2.54 bits per heavy atom. The first kappa shape index (κ1) is 22.1. The molecule has 28 heavy (non-hydrogen) atoms. The quantitative estimate of drug-likeness (QED) is 0.668. The second-order valence-electron chi connectivity index (χ2n) is 6.89. The first-order valence-electron chi connectivity index (χ1n) is 9.72. The second kappa shape index (κ2) is 9.34. The molecular weight excluding hydrogens is 378 g/mol. The summed E-state index contributed by atoms with van der Waals surface area (Å²) in [5.41, 5.74) is 0.195. The standard InChI is InChI=1S/C20H29N3O4S/c1-5-8-11-23(7-3)28(26,27)15-9-10-18-16(12-15)17(13-19(24)22-18)20(25)21-14(4)6-2/h9-10,12-14H,5-8,11H2,1-4H3,(H,21,25)(H,22,24). The van der Waals surface area contributed by atoms with Crippen molar-refractivity contribution in [2.75, 3.05) is 13.1 Å². The molecule has 0 aliphatic heterocycles. The Kier molecular flexibility index (Phi) is 7.37. The number of nitrogens with one attached hydrogen (secondary N) is 2. The summed E-state index contributed by atoms with van der Waals surface area (Å²) in [5, 5.41) is 3.24. The van der Waals surface area contributed by atoms with Gasteiger partial charge in [0.2, 0.25) is 15.6 Å². The maximum atomic E-state index is 13.0. The number of amides is 1. The average Bonchev–Trinajstić information content (AvgIpc) is 2.67. The van der Waals surface area contributed by atoms with E-state index in [2.05, 4.69) is 10.3 Å². The van der Waals surface area contributed by atoms with Crippen LogP contribution in [0.2, 0.25) is 0 Å². The highest BCUT2D eigenvalue weighted by molar-refractivity contribution is 7.89. The third-order valence-electron chi connectivity index (χ3n) is 4.80. The van der Waals surface area contributed by atoms with Crippen molar-refractivity contribution in [1.82, 2.24) is 14.6 Å². The van der Waals surface area contributed by atoms with Gasteiger partial charge in [-0.2, -0.15) is 4.31 Å². The molecule has 0 bridgehead atoms. The highest BCUT2D eigenvalue weighted by Gasteiger charge is 2.24. The predicted octanol–water partition coefficient (Wildman–Crippen LogP) is 2.87. The van der Waals surface area contributed by atoms with Gasteiger partial charge in [-0.3, -0.25) is 9.59 Å². The minimum atomic E-state index is -3.69. The van der Waals surface area contributed by atoms with Crippen molar-refractivity contribution in [3.8, 4) is 0 Å². The van der Waals surface area contributed by atoms with E-state index in [0.717, 1.165) is 19.3 Å². The number of pyridine rings is 1. The molecule has 1 aromatic carbocycles. The Morgan fingerprint density at radius 1 is 1.21 bits per heavy atom. The number of fused-ring (bicyclic) bond motifs is 1. The van der Waals surface area contributed by atoms with Gasteiger partial charge < -0.3 is 10.3 Å². The number of nitrogens with zero attached hydrogens (tertiary/aromatic N) is 1. The molecule has 2 N–H and O–H groups in total. The smallest absolute Gasteiger partial charge is 0.252 e. The highest BCUT2D eigenvalue weighted by atomic mass is 32.2. The number of sulfonamides is 1. The summed E-state index contributed by atoms with van der Waals surface area (Å²) in [6.07, 6.45) is 2.41. The van der Waals surface area contributed by atoms with Gasteiger partial charge in [0.15, 0.2) is 0 Å². The molecule has 2 rings (SSSR count). The van der Waals surface area contributed by atoms with Gasteiger partial charge >= 0.3 is 0 Å². The largest absolute Gasteiger partial charge is 0.350 e. The molecule has 1 aromatic heterocycles. The lowest BCUT2D eigenvalue weighted by Crippen LogP contribution is -2.33. The lowest BCUT2D eigenvalue weighted by molar-refractivity contribution is 0.0940. The third kappa shape index (κ3) is 4.80. The summed E-state index contributed by atoms with van der Waals surface area (Å²) >= 11 is 0. The fraction of sp³-hybridized carbons (Fsp3) is 0.500. The Labute approximate surface area is 166 Å². The molecule has 1 atom stereocenters. The first-order valence-corrected chi connectivity index (χ1v) is 11.2. The number of aromatic nitrogens is 1. The Bertz CT molecular complexity index is 998. The van der Waals surface area contributed by atoms with Crippen molar-refractivity contribution < 1.29 is 13.2 Å². The summed E-state index contributed by atoms with van der Waals surface area (Å²) < 4.78 is 27.5. The van der Waals surface area contributed by atoms with E-state index in [1.54, 1.807) is 6.92 Å². The zero-order valence-electron chi connectivity index (χ0n) is 16.9. The van der Waals surface area contributed by atoms with E-state index < -0.39 is 21.5 Å². The summed E-state index contributed by atoms with van der Waals surface area (Å²) in [6.45, 7) is 8.44. The molecule has 0 aliphatic rings. The van der Waals surface area contributed by atoms with Gasteiger partial charge in [0.05, 0.1) is 10.5 Å². The average molecular weight is 408 g/mol. The monoisotopic (exact) mass is 407 g/mol. The molecule has 0 spiro atoms. The molecule has 154 valence electrons. The lowest BCUT2D eigenvalue weighted by Gasteiger charge is -2.20. The number of rotatable bonds is 9. The van der Waals surface area contributed by atoms with Crippen LogP contribution >= 0.6 is 0 Å². The van der Waals surface area contributed by atoms with Crippen LogP contribution in [0, 0.1) is 0 Å². The number of H-pyrrole nitrogens is 1. The molecule has 2 aromatic rings. The molecular formula is C20H29N3O4S. The Balaban J connectivity index is 2.57. The number of unbranched alkanes of at least 4 members (excludes halogenated alkanes) is 1. The molecule has 1 heterocycles. The summed E-state index contributed by atoms with van der Waals surface area (Å²) in [4.78, 5) is 27.4. The van der Waals surface area contributed by atoms with Crippen molar-refractivity contribution in [2.45, 2.75) is 57.9 Å². The second-order valence-corrected chi connectivity index (χ2v) is 8.83. The predicted molar refractivity (Wildman–Crippen MR) is 111 cm³/mol. The summed E-state index contributed by atoms with van der Waals surface area (Å²) in [6, 6.07) is 5.64.